The third-order valence-electron chi connectivity index (χ3n) is 3.00. The highest BCUT2D eigenvalue weighted by Crippen LogP contribution is 2.31. The van der Waals surface area contributed by atoms with Gasteiger partial charge in [0.15, 0.2) is 6.26 Å². The second-order valence-electron chi connectivity index (χ2n) is 4.07. The molecule has 0 spiro atoms. The average molecular weight is 228 g/mol. The Bertz CT molecular complexity index is 472. The summed E-state index contributed by atoms with van der Waals surface area (Å²) in [6, 6.07) is 10.3. The van der Waals surface area contributed by atoms with E-state index in [1.165, 1.54) is 5.56 Å². The second-order valence-corrected chi connectivity index (χ2v) is 4.07. The number of furan rings is 1. The third-order valence-corrected chi connectivity index (χ3v) is 3.00. The standard InChI is InChI=1S/C14H14NO2/c1-2-4-12(5-3-1)13-10-17-11-14(13)15-6-8-16-9-7-15/h1-5,10H,6-9H2. The zero-order valence-electron chi connectivity index (χ0n) is 9.56. The summed E-state index contributed by atoms with van der Waals surface area (Å²) in [5.74, 6) is 0. The molecule has 1 aliphatic rings. The zero-order chi connectivity index (χ0) is 11.5. The maximum Gasteiger partial charge on any atom is 0.195 e. The average Bonchev–Trinajstić information content (AvgIpc) is 2.90. The van der Waals surface area contributed by atoms with E-state index >= 15 is 0 Å². The zero-order valence-corrected chi connectivity index (χ0v) is 9.56. The number of hydrogen-bond donors (Lipinski definition) is 0. The SMILES string of the molecule is [c]1occ(-c2ccccc2)c1N1CCOCC1. The molecule has 3 nitrogen and oxygen atoms in total. The van der Waals surface area contributed by atoms with Crippen LogP contribution >= 0.6 is 0 Å². The monoisotopic (exact) mass is 228 g/mol. The predicted octanol–water partition coefficient (Wildman–Crippen LogP) is 2.58. The molecule has 2 heterocycles. The van der Waals surface area contributed by atoms with Gasteiger partial charge < -0.3 is 14.1 Å². The van der Waals surface area contributed by atoms with Crippen molar-refractivity contribution >= 4 is 5.69 Å². The fraction of sp³-hybridized carbons (Fsp3) is 0.286. The molecule has 1 saturated heterocycles. The number of rotatable bonds is 2. The number of morpholine rings is 1. The number of benzene rings is 1. The molecule has 17 heavy (non-hydrogen) atoms. The van der Waals surface area contributed by atoms with Gasteiger partial charge in [0.2, 0.25) is 0 Å². The van der Waals surface area contributed by atoms with Crippen LogP contribution in [0.2, 0.25) is 0 Å². The lowest BCUT2D eigenvalue weighted by Crippen LogP contribution is -2.36. The molecule has 1 radical (unpaired) electrons. The predicted molar refractivity (Wildman–Crippen MR) is 66.0 cm³/mol. The molecule has 1 fully saturated rings. The number of anilines is 1. The largest absolute Gasteiger partial charge is 0.458 e. The van der Waals surface area contributed by atoms with E-state index in [9.17, 15) is 0 Å². The van der Waals surface area contributed by atoms with Gasteiger partial charge >= 0.3 is 0 Å². The second kappa shape index (κ2) is 4.63. The summed E-state index contributed by atoms with van der Waals surface area (Å²) in [7, 11) is 0. The smallest absolute Gasteiger partial charge is 0.195 e. The van der Waals surface area contributed by atoms with Crippen molar-refractivity contribution in [1.29, 1.82) is 0 Å². The van der Waals surface area contributed by atoms with Gasteiger partial charge in [-0.2, -0.15) is 0 Å². The van der Waals surface area contributed by atoms with Crippen molar-refractivity contribution in [3.8, 4) is 11.1 Å². The van der Waals surface area contributed by atoms with Crippen molar-refractivity contribution in [1.82, 2.24) is 0 Å². The molecule has 0 unspecified atom stereocenters. The summed E-state index contributed by atoms with van der Waals surface area (Å²) < 4.78 is 10.6. The molecule has 0 amide bonds. The van der Waals surface area contributed by atoms with E-state index in [2.05, 4.69) is 23.3 Å². The Morgan fingerprint density at radius 3 is 2.59 bits per heavy atom. The molecule has 1 aromatic heterocycles. The molecule has 0 bridgehead atoms. The van der Waals surface area contributed by atoms with Crippen LogP contribution in [0.1, 0.15) is 0 Å². The van der Waals surface area contributed by atoms with Crippen LogP contribution in [0.3, 0.4) is 0 Å². The number of nitrogens with zero attached hydrogens (tertiary/aromatic N) is 1. The highest BCUT2D eigenvalue weighted by atomic mass is 16.5. The Morgan fingerprint density at radius 2 is 1.82 bits per heavy atom. The van der Waals surface area contributed by atoms with Gasteiger partial charge in [-0.15, -0.1) is 0 Å². The van der Waals surface area contributed by atoms with Gasteiger partial charge in [-0.3, -0.25) is 0 Å². The van der Waals surface area contributed by atoms with E-state index in [1.54, 1.807) is 6.26 Å². The highest BCUT2D eigenvalue weighted by Gasteiger charge is 2.17. The lowest BCUT2D eigenvalue weighted by Gasteiger charge is -2.28. The lowest BCUT2D eigenvalue weighted by atomic mass is 10.1. The fourth-order valence-electron chi connectivity index (χ4n) is 2.10. The molecule has 0 N–H and O–H groups in total. The molecule has 87 valence electrons. The number of ether oxygens (including phenoxy) is 1. The van der Waals surface area contributed by atoms with Crippen LogP contribution in [0.5, 0.6) is 0 Å². The first-order valence-corrected chi connectivity index (χ1v) is 5.82. The molecule has 2 aromatic rings. The van der Waals surface area contributed by atoms with E-state index in [4.69, 9.17) is 9.15 Å². The van der Waals surface area contributed by atoms with E-state index in [-0.39, 0.29) is 0 Å². The third kappa shape index (κ3) is 2.06. The first kappa shape index (κ1) is 10.4. The van der Waals surface area contributed by atoms with Gasteiger partial charge in [0.25, 0.3) is 0 Å². The highest BCUT2D eigenvalue weighted by molar-refractivity contribution is 5.77. The molecule has 0 saturated carbocycles. The van der Waals surface area contributed by atoms with E-state index in [1.807, 2.05) is 18.2 Å². The molecular weight excluding hydrogens is 214 g/mol. The topological polar surface area (TPSA) is 25.6 Å². The van der Waals surface area contributed by atoms with Gasteiger partial charge in [-0.25, -0.2) is 0 Å². The molecule has 0 aliphatic carbocycles. The molecule has 3 heteroatoms. The molecule has 1 aliphatic heterocycles. The van der Waals surface area contributed by atoms with Crippen LogP contribution in [0.15, 0.2) is 41.0 Å². The first-order chi connectivity index (χ1) is 8.45. The lowest BCUT2D eigenvalue weighted by molar-refractivity contribution is 0.122. The summed E-state index contributed by atoms with van der Waals surface area (Å²) in [4.78, 5) is 2.26. The van der Waals surface area contributed by atoms with Crippen LogP contribution in [0.25, 0.3) is 11.1 Å². The number of hydrogen-bond acceptors (Lipinski definition) is 3. The minimum atomic E-state index is 0.771. The minimum absolute atomic E-state index is 0.771. The molecule has 0 atom stereocenters. The minimum Gasteiger partial charge on any atom is -0.458 e. The van der Waals surface area contributed by atoms with Crippen LogP contribution < -0.4 is 4.90 Å². The molecule has 1 aromatic carbocycles. The molecular formula is C14H14NO2. The van der Waals surface area contributed by atoms with Crippen molar-refractivity contribution in [3.05, 3.63) is 42.9 Å². The van der Waals surface area contributed by atoms with Crippen LogP contribution in [0.4, 0.5) is 5.69 Å². The van der Waals surface area contributed by atoms with Gasteiger partial charge in [0.1, 0.15) is 6.26 Å². The summed E-state index contributed by atoms with van der Waals surface area (Å²) in [5, 5.41) is 0. The van der Waals surface area contributed by atoms with E-state index in [0.717, 1.165) is 37.6 Å². The Kier molecular flexibility index (Phi) is 2.84. The summed E-state index contributed by atoms with van der Waals surface area (Å²) in [5.41, 5.74) is 3.31. The maximum atomic E-state index is 5.36. The van der Waals surface area contributed by atoms with Crippen LogP contribution in [-0.2, 0) is 4.74 Å². The van der Waals surface area contributed by atoms with Crippen molar-refractivity contribution < 1.29 is 9.15 Å². The van der Waals surface area contributed by atoms with Crippen molar-refractivity contribution in [2.75, 3.05) is 31.2 Å². The first-order valence-electron chi connectivity index (χ1n) is 5.82. The summed E-state index contributed by atoms with van der Waals surface area (Å²) >= 11 is 0. The van der Waals surface area contributed by atoms with Gasteiger partial charge in [-0.1, -0.05) is 30.3 Å². The van der Waals surface area contributed by atoms with Crippen molar-refractivity contribution in [3.63, 3.8) is 0 Å². The van der Waals surface area contributed by atoms with Crippen LogP contribution in [-0.4, -0.2) is 26.3 Å². The maximum absolute atomic E-state index is 5.36. The van der Waals surface area contributed by atoms with E-state index in [0.29, 0.717) is 0 Å². The summed E-state index contributed by atoms with van der Waals surface area (Å²) in [6.07, 6.45) is 4.73. The van der Waals surface area contributed by atoms with Gasteiger partial charge in [0, 0.05) is 18.7 Å². The van der Waals surface area contributed by atoms with Crippen LogP contribution in [0, 0.1) is 6.26 Å². The Balaban J connectivity index is 1.93. The quantitative estimate of drug-likeness (QED) is 0.790. The normalized spacial score (nSPS) is 16.1. The van der Waals surface area contributed by atoms with Crippen molar-refractivity contribution in [2.45, 2.75) is 0 Å². The Morgan fingerprint density at radius 1 is 1.06 bits per heavy atom. The van der Waals surface area contributed by atoms with Crippen molar-refractivity contribution in [2.24, 2.45) is 0 Å². The summed E-state index contributed by atoms with van der Waals surface area (Å²) in [6.45, 7) is 3.34. The van der Waals surface area contributed by atoms with Gasteiger partial charge in [0.05, 0.1) is 18.9 Å². The Labute approximate surface area is 101 Å². The van der Waals surface area contributed by atoms with E-state index < -0.39 is 0 Å². The molecule has 3 rings (SSSR count). The fourth-order valence-corrected chi connectivity index (χ4v) is 2.10. The van der Waals surface area contributed by atoms with Gasteiger partial charge in [-0.05, 0) is 5.56 Å². The Hall–Kier alpha value is -1.74.